The van der Waals surface area contributed by atoms with Crippen molar-refractivity contribution in [3.63, 3.8) is 0 Å². The van der Waals surface area contributed by atoms with E-state index in [2.05, 4.69) is 48.5 Å². The van der Waals surface area contributed by atoms with Gasteiger partial charge in [-0.2, -0.15) is 0 Å². The molecule has 0 unspecified atom stereocenters. The largest absolute Gasteiger partial charge is 0.496 e. The van der Waals surface area contributed by atoms with Gasteiger partial charge in [-0.3, -0.25) is 0 Å². The van der Waals surface area contributed by atoms with E-state index in [0.29, 0.717) is 0 Å². The number of hydrogen-bond donors (Lipinski definition) is 0. The van der Waals surface area contributed by atoms with Gasteiger partial charge in [-0.15, -0.1) is 0 Å². The van der Waals surface area contributed by atoms with Gasteiger partial charge >= 0.3 is 0 Å². The highest BCUT2D eigenvalue weighted by Gasteiger charge is 2.14. The number of allylic oxidation sites excluding steroid dienone is 1. The van der Waals surface area contributed by atoms with Gasteiger partial charge in [0.25, 0.3) is 0 Å². The van der Waals surface area contributed by atoms with E-state index in [1.54, 1.807) is 0 Å². The van der Waals surface area contributed by atoms with Crippen LogP contribution in [0.25, 0.3) is 0 Å². The van der Waals surface area contributed by atoms with Crippen LogP contribution in [0.5, 0.6) is 0 Å². The summed E-state index contributed by atoms with van der Waals surface area (Å²) in [5.41, 5.74) is 1.41. The van der Waals surface area contributed by atoms with Gasteiger partial charge < -0.3 is 4.74 Å². The second kappa shape index (κ2) is 3.51. The molecule has 0 fully saturated rings. The van der Waals surface area contributed by atoms with Crippen LogP contribution in [-0.4, -0.2) is 5.60 Å². The van der Waals surface area contributed by atoms with Crippen LogP contribution in [0.3, 0.4) is 0 Å². The van der Waals surface area contributed by atoms with E-state index in [1.165, 1.54) is 5.57 Å². The van der Waals surface area contributed by atoms with E-state index in [-0.39, 0.29) is 11.0 Å². The number of ether oxygens (including phenoxy) is 1. The SMILES string of the molecule is C/C(=C\OC(C)(C)C)C(C)(C)C. The first-order valence-electron chi connectivity index (χ1n) is 4.48. The summed E-state index contributed by atoms with van der Waals surface area (Å²) in [4.78, 5) is 0. The molecular formula is C11H22O. The van der Waals surface area contributed by atoms with Crippen LogP contribution in [0.4, 0.5) is 0 Å². The van der Waals surface area contributed by atoms with Crippen molar-refractivity contribution in [2.45, 2.75) is 54.1 Å². The van der Waals surface area contributed by atoms with Crippen molar-refractivity contribution in [1.82, 2.24) is 0 Å². The molecule has 0 aliphatic carbocycles. The molecule has 0 bridgehead atoms. The zero-order valence-electron chi connectivity index (χ0n) is 9.49. The smallest absolute Gasteiger partial charge is 0.0998 e. The molecule has 0 saturated heterocycles. The van der Waals surface area contributed by atoms with Crippen molar-refractivity contribution in [3.8, 4) is 0 Å². The third-order valence-electron chi connectivity index (χ3n) is 1.77. The van der Waals surface area contributed by atoms with Crippen LogP contribution in [0.2, 0.25) is 0 Å². The standard InChI is InChI=1S/C11H22O/c1-9(10(2,3)4)8-12-11(5,6)7/h8H,1-7H3/b9-8+. The molecule has 0 radical (unpaired) electrons. The molecule has 0 rings (SSSR count). The maximum atomic E-state index is 5.56. The highest BCUT2D eigenvalue weighted by atomic mass is 16.5. The lowest BCUT2D eigenvalue weighted by atomic mass is 9.89. The van der Waals surface area contributed by atoms with Crippen molar-refractivity contribution in [2.75, 3.05) is 0 Å². The van der Waals surface area contributed by atoms with Crippen LogP contribution in [0.1, 0.15) is 48.5 Å². The summed E-state index contributed by atoms with van der Waals surface area (Å²) < 4.78 is 5.56. The van der Waals surface area contributed by atoms with Gasteiger partial charge in [0, 0.05) is 0 Å². The van der Waals surface area contributed by atoms with Crippen LogP contribution in [-0.2, 0) is 4.74 Å². The predicted molar refractivity (Wildman–Crippen MR) is 54.1 cm³/mol. The molecule has 0 N–H and O–H groups in total. The Labute approximate surface area is 76.8 Å². The molecule has 0 saturated carbocycles. The minimum absolute atomic E-state index is 0.0769. The molecule has 0 spiro atoms. The van der Waals surface area contributed by atoms with Gasteiger partial charge in [0.2, 0.25) is 0 Å². The van der Waals surface area contributed by atoms with Crippen LogP contribution < -0.4 is 0 Å². The Kier molecular flexibility index (Phi) is 3.37. The van der Waals surface area contributed by atoms with Gasteiger partial charge in [-0.25, -0.2) is 0 Å². The molecule has 1 heteroatoms. The first-order chi connectivity index (χ1) is 5.13. The Morgan fingerprint density at radius 3 is 1.67 bits per heavy atom. The molecule has 0 aromatic heterocycles. The number of rotatable bonds is 1. The van der Waals surface area contributed by atoms with Crippen LogP contribution in [0, 0.1) is 5.41 Å². The summed E-state index contributed by atoms with van der Waals surface area (Å²) in [6.07, 6.45) is 1.88. The lowest BCUT2D eigenvalue weighted by Crippen LogP contribution is -2.17. The Balaban J connectivity index is 4.21. The van der Waals surface area contributed by atoms with Crippen LogP contribution >= 0.6 is 0 Å². The fourth-order valence-electron chi connectivity index (χ4n) is 0.442. The summed E-state index contributed by atoms with van der Waals surface area (Å²) in [7, 11) is 0. The maximum Gasteiger partial charge on any atom is 0.0998 e. The van der Waals surface area contributed by atoms with Crippen LogP contribution in [0.15, 0.2) is 11.8 Å². The molecule has 0 aromatic carbocycles. The first-order valence-corrected chi connectivity index (χ1v) is 4.48. The topological polar surface area (TPSA) is 9.23 Å². The average Bonchev–Trinajstić information content (AvgIpc) is 1.78. The lowest BCUT2D eigenvalue weighted by Gasteiger charge is -2.23. The maximum absolute atomic E-state index is 5.56. The van der Waals surface area contributed by atoms with Crippen molar-refractivity contribution in [2.24, 2.45) is 5.41 Å². The highest BCUT2D eigenvalue weighted by Crippen LogP contribution is 2.25. The summed E-state index contributed by atoms with van der Waals surface area (Å²) in [5.74, 6) is 0. The highest BCUT2D eigenvalue weighted by molar-refractivity contribution is 5.04. The Bertz CT molecular complexity index is 164. The molecular weight excluding hydrogens is 148 g/mol. The molecule has 0 aliphatic rings. The third-order valence-corrected chi connectivity index (χ3v) is 1.77. The molecule has 0 aromatic rings. The predicted octanol–water partition coefficient (Wildman–Crippen LogP) is 3.75. The van der Waals surface area contributed by atoms with Gasteiger partial charge in [0.05, 0.1) is 11.9 Å². The van der Waals surface area contributed by atoms with E-state index < -0.39 is 0 Å². The number of hydrogen-bond acceptors (Lipinski definition) is 1. The second-order valence-electron chi connectivity index (χ2n) is 5.28. The van der Waals surface area contributed by atoms with Crippen molar-refractivity contribution < 1.29 is 4.74 Å². The fraction of sp³-hybridized carbons (Fsp3) is 0.818. The molecule has 12 heavy (non-hydrogen) atoms. The van der Waals surface area contributed by atoms with Gasteiger partial charge in [-0.05, 0) is 38.7 Å². The van der Waals surface area contributed by atoms with Gasteiger partial charge in [0.15, 0.2) is 0 Å². The Morgan fingerprint density at radius 1 is 1.00 bits per heavy atom. The van der Waals surface area contributed by atoms with E-state index in [9.17, 15) is 0 Å². The summed E-state index contributed by atoms with van der Waals surface area (Å²) >= 11 is 0. The summed E-state index contributed by atoms with van der Waals surface area (Å²) in [6.45, 7) is 14.8. The average molecular weight is 170 g/mol. The summed E-state index contributed by atoms with van der Waals surface area (Å²) in [5, 5.41) is 0. The van der Waals surface area contributed by atoms with Crippen molar-refractivity contribution >= 4 is 0 Å². The molecule has 0 aliphatic heterocycles. The van der Waals surface area contributed by atoms with Crippen molar-refractivity contribution in [1.29, 1.82) is 0 Å². The molecule has 0 heterocycles. The summed E-state index contributed by atoms with van der Waals surface area (Å²) in [6, 6.07) is 0. The van der Waals surface area contributed by atoms with Gasteiger partial charge in [-0.1, -0.05) is 20.8 Å². The normalized spacial score (nSPS) is 14.8. The quantitative estimate of drug-likeness (QED) is 0.544. The molecule has 0 amide bonds. The Hall–Kier alpha value is -0.460. The van der Waals surface area contributed by atoms with E-state index >= 15 is 0 Å². The van der Waals surface area contributed by atoms with E-state index in [1.807, 2.05) is 6.26 Å². The minimum atomic E-state index is -0.0769. The monoisotopic (exact) mass is 170 g/mol. The molecule has 0 atom stereocenters. The zero-order chi connectivity index (χ0) is 9.99. The minimum Gasteiger partial charge on any atom is -0.496 e. The van der Waals surface area contributed by atoms with Crippen molar-refractivity contribution in [3.05, 3.63) is 11.8 Å². The van der Waals surface area contributed by atoms with E-state index in [4.69, 9.17) is 4.74 Å². The van der Waals surface area contributed by atoms with Gasteiger partial charge in [0.1, 0.15) is 0 Å². The third kappa shape index (κ3) is 5.22. The second-order valence-corrected chi connectivity index (χ2v) is 5.28. The van der Waals surface area contributed by atoms with E-state index in [0.717, 1.165) is 0 Å². The fourth-order valence-corrected chi connectivity index (χ4v) is 0.442. The first kappa shape index (κ1) is 11.5. The molecule has 1 nitrogen and oxygen atoms in total. The zero-order valence-corrected chi connectivity index (χ0v) is 9.49. The lowest BCUT2D eigenvalue weighted by molar-refractivity contribution is 0.0730. The Morgan fingerprint density at radius 2 is 1.42 bits per heavy atom. The molecule has 72 valence electrons.